The zero-order valence-corrected chi connectivity index (χ0v) is 31.8. The molecule has 0 fully saturated rings. The number of allylic oxidation sites excluding steroid dienone is 1. The van der Waals surface area contributed by atoms with Gasteiger partial charge in [0.05, 0.1) is 27.9 Å². The van der Waals surface area contributed by atoms with E-state index in [1.807, 2.05) is 36.7 Å². The van der Waals surface area contributed by atoms with Gasteiger partial charge in [0.1, 0.15) is 0 Å². The van der Waals surface area contributed by atoms with E-state index in [1.165, 1.54) is 44.0 Å². The Kier molecular flexibility index (Phi) is 8.53. The first-order chi connectivity index (χ1) is 28.2. The molecule has 0 bridgehead atoms. The minimum absolute atomic E-state index is 0.934. The Bertz CT molecular complexity index is 2990. The molecule has 0 saturated carbocycles. The van der Waals surface area contributed by atoms with Gasteiger partial charge in [-0.25, -0.2) is 0 Å². The number of para-hydroxylation sites is 2. The fourth-order valence-corrected chi connectivity index (χ4v) is 8.29. The number of nitrogens with zero attached hydrogens (tertiary/aromatic N) is 5. The van der Waals surface area contributed by atoms with Crippen molar-refractivity contribution < 1.29 is 0 Å². The fourth-order valence-electron chi connectivity index (χ4n) is 8.29. The summed E-state index contributed by atoms with van der Waals surface area (Å²) in [5, 5.41) is 3.73. The van der Waals surface area contributed by atoms with E-state index in [9.17, 15) is 0 Å². The van der Waals surface area contributed by atoms with Crippen LogP contribution in [0.2, 0.25) is 0 Å². The maximum Gasteiger partial charge on any atom is 0.0702 e. The monoisotopic (exact) mass is 733 g/mol. The van der Waals surface area contributed by atoms with Gasteiger partial charge >= 0.3 is 0 Å². The number of benzene rings is 6. The van der Waals surface area contributed by atoms with Gasteiger partial charge in [0.2, 0.25) is 0 Å². The molecule has 272 valence electrons. The van der Waals surface area contributed by atoms with Gasteiger partial charge in [-0.1, -0.05) is 78.9 Å². The van der Waals surface area contributed by atoms with Crippen LogP contribution in [0.15, 0.2) is 194 Å². The molecule has 5 nitrogen and oxygen atoms in total. The van der Waals surface area contributed by atoms with Crippen molar-refractivity contribution in [2.45, 2.75) is 13.8 Å². The third-order valence-corrected chi connectivity index (χ3v) is 10.9. The summed E-state index contributed by atoms with van der Waals surface area (Å²) in [6.45, 7) is 4.33. The van der Waals surface area contributed by atoms with Crippen molar-refractivity contribution in [3.05, 3.63) is 206 Å². The minimum atomic E-state index is 0.934. The van der Waals surface area contributed by atoms with E-state index in [-0.39, 0.29) is 0 Å². The largest absolute Gasteiger partial charge is 0.310 e. The highest BCUT2D eigenvalue weighted by Gasteiger charge is 2.20. The van der Waals surface area contributed by atoms with Crippen LogP contribution < -0.4 is 4.90 Å². The molecule has 10 aromatic rings. The van der Waals surface area contributed by atoms with E-state index in [4.69, 9.17) is 0 Å². The van der Waals surface area contributed by atoms with Crippen molar-refractivity contribution in [2.75, 3.05) is 4.90 Å². The van der Waals surface area contributed by atoms with Gasteiger partial charge in [0.15, 0.2) is 0 Å². The van der Waals surface area contributed by atoms with Crippen molar-refractivity contribution in [1.82, 2.24) is 19.1 Å². The highest BCUT2D eigenvalue weighted by molar-refractivity contribution is 6.14. The summed E-state index contributed by atoms with van der Waals surface area (Å²) < 4.78 is 4.81. The Morgan fingerprint density at radius 3 is 1.68 bits per heavy atom. The van der Waals surface area contributed by atoms with Crippen molar-refractivity contribution in [1.29, 1.82) is 0 Å². The molecule has 57 heavy (non-hydrogen) atoms. The van der Waals surface area contributed by atoms with Gasteiger partial charge in [-0.05, 0) is 129 Å². The summed E-state index contributed by atoms with van der Waals surface area (Å²) in [7, 11) is 0. The van der Waals surface area contributed by atoms with Crippen molar-refractivity contribution in [2.24, 2.45) is 0 Å². The molecule has 0 atom stereocenters. The first-order valence-corrected chi connectivity index (χ1v) is 19.4. The summed E-state index contributed by atoms with van der Waals surface area (Å²) in [6.07, 6.45) is 8.04. The molecule has 0 saturated heterocycles. The van der Waals surface area contributed by atoms with Gasteiger partial charge in [0.25, 0.3) is 0 Å². The number of fused-ring (bicyclic) bond motifs is 4. The molecule has 0 aliphatic heterocycles. The highest BCUT2D eigenvalue weighted by Crippen LogP contribution is 2.41. The van der Waals surface area contributed by atoms with Crippen LogP contribution in [0.4, 0.5) is 17.1 Å². The predicted molar refractivity (Wildman–Crippen MR) is 238 cm³/mol. The molecular formula is C52H39N5. The number of hydrogen-bond donors (Lipinski definition) is 0. The van der Waals surface area contributed by atoms with Crippen LogP contribution in [0.5, 0.6) is 0 Å². The lowest BCUT2D eigenvalue weighted by Gasteiger charge is -2.26. The lowest BCUT2D eigenvalue weighted by molar-refractivity contribution is 1.09. The molecule has 0 spiro atoms. The molecule has 4 aromatic heterocycles. The molecule has 0 aliphatic carbocycles. The SMILES string of the molecule is C/C=C\c1c(C)c2cc3c4ccccc4n(-c4ccc(N(c5cccc(-c6ccccn6)c5)c5cccc(-c6ccccn6)c5)cc4)c3cc2n1-c1ccccc1. The van der Waals surface area contributed by atoms with Crippen LogP contribution in [0, 0.1) is 6.92 Å². The van der Waals surface area contributed by atoms with Gasteiger partial charge < -0.3 is 14.0 Å². The number of rotatable bonds is 8. The van der Waals surface area contributed by atoms with Crippen LogP contribution in [0.1, 0.15) is 18.2 Å². The average Bonchev–Trinajstić information content (AvgIpc) is 3.74. The third-order valence-electron chi connectivity index (χ3n) is 10.9. The zero-order chi connectivity index (χ0) is 38.3. The second-order valence-electron chi connectivity index (χ2n) is 14.3. The van der Waals surface area contributed by atoms with Crippen molar-refractivity contribution >= 4 is 55.8 Å². The molecular weight excluding hydrogens is 695 g/mol. The molecule has 4 heterocycles. The highest BCUT2D eigenvalue weighted by atomic mass is 15.1. The van der Waals surface area contributed by atoms with E-state index >= 15 is 0 Å². The van der Waals surface area contributed by atoms with Gasteiger partial charge in [-0.3, -0.25) is 9.97 Å². The van der Waals surface area contributed by atoms with E-state index in [2.05, 4.69) is 202 Å². The van der Waals surface area contributed by atoms with E-state index in [1.54, 1.807) is 0 Å². The smallest absolute Gasteiger partial charge is 0.0702 e. The molecule has 6 aromatic carbocycles. The fraction of sp³-hybridized carbons (Fsp3) is 0.0385. The molecule has 0 N–H and O–H groups in total. The summed E-state index contributed by atoms with van der Waals surface area (Å²) >= 11 is 0. The maximum absolute atomic E-state index is 4.66. The Morgan fingerprint density at radius 1 is 0.456 bits per heavy atom. The lowest BCUT2D eigenvalue weighted by Crippen LogP contribution is -2.10. The number of aryl methyl sites for hydroxylation is 1. The first kappa shape index (κ1) is 34.0. The summed E-state index contributed by atoms with van der Waals surface area (Å²) in [6, 6.07) is 62.4. The lowest BCUT2D eigenvalue weighted by atomic mass is 10.1. The van der Waals surface area contributed by atoms with Crippen molar-refractivity contribution in [3.8, 4) is 33.9 Å². The van der Waals surface area contributed by atoms with E-state index < -0.39 is 0 Å². The van der Waals surface area contributed by atoms with E-state index in [0.29, 0.717) is 0 Å². The normalized spacial score (nSPS) is 11.6. The van der Waals surface area contributed by atoms with E-state index in [0.717, 1.165) is 51.0 Å². The summed E-state index contributed by atoms with van der Waals surface area (Å²) in [5.41, 5.74) is 15.3. The predicted octanol–water partition coefficient (Wildman–Crippen LogP) is 13.7. The van der Waals surface area contributed by atoms with Gasteiger partial charge in [-0.15, -0.1) is 0 Å². The molecule has 0 amide bonds. The van der Waals surface area contributed by atoms with Gasteiger partial charge in [-0.2, -0.15) is 0 Å². The molecule has 0 radical (unpaired) electrons. The third kappa shape index (κ3) is 5.97. The average molecular weight is 734 g/mol. The number of aromatic nitrogens is 4. The maximum atomic E-state index is 4.66. The molecule has 10 rings (SSSR count). The second kappa shape index (κ2) is 14.3. The Labute approximate surface area is 332 Å². The van der Waals surface area contributed by atoms with Crippen LogP contribution in [0.25, 0.3) is 72.7 Å². The summed E-state index contributed by atoms with van der Waals surface area (Å²) in [4.78, 5) is 11.6. The Hall–Kier alpha value is -7.50. The first-order valence-electron chi connectivity index (χ1n) is 19.4. The molecule has 5 heteroatoms. The molecule has 0 unspecified atom stereocenters. The van der Waals surface area contributed by atoms with Crippen molar-refractivity contribution in [3.63, 3.8) is 0 Å². The summed E-state index contributed by atoms with van der Waals surface area (Å²) in [5.74, 6) is 0. The van der Waals surface area contributed by atoms with Gasteiger partial charge in [0, 0.05) is 73.8 Å². The van der Waals surface area contributed by atoms with Crippen LogP contribution in [0.3, 0.4) is 0 Å². The standard InChI is InChI=1S/C52H39N5/c1-3-15-49-36(2)45-34-46-44-22-7-8-25-50(44)57(52(46)35-51(45)56(49)39-18-5-4-6-19-39)41-28-26-40(27-29-41)55(42-20-13-16-37(32-42)47-23-9-11-30-53-47)43-21-14-17-38(33-43)48-24-10-12-31-54-48/h3-35H,1-2H3/b15-3-. The topological polar surface area (TPSA) is 38.9 Å². The number of hydrogen-bond acceptors (Lipinski definition) is 3. The second-order valence-corrected chi connectivity index (χ2v) is 14.3. The number of pyridine rings is 2. The Morgan fingerprint density at radius 2 is 1.05 bits per heavy atom. The molecule has 0 aliphatic rings. The quantitative estimate of drug-likeness (QED) is 0.156. The Balaban J connectivity index is 1.15. The number of anilines is 3. The van der Waals surface area contributed by atoms with Crippen LogP contribution >= 0.6 is 0 Å². The van der Waals surface area contributed by atoms with Crippen LogP contribution in [-0.2, 0) is 0 Å². The zero-order valence-electron chi connectivity index (χ0n) is 31.8. The minimum Gasteiger partial charge on any atom is -0.310 e. The van der Waals surface area contributed by atoms with Crippen LogP contribution in [-0.4, -0.2) is 19.1 Å².